The third kappa shape index (κ3) is 5.02. The van der Waals surface area contributed by atoms with Gasteiger partial charge >= 0.3 is 6.43 Å². The van der Waals surface area contributed by atoms with Crippen LogP contribution in [0, 0.1) is 0 Å². The van der Waals surface area contributed by atoms with Gasteiger partial charge in [-0.3, -0.25) is 0 Å². The summed E-state index contributed by atoms with van der Waals surface area (Å²) in [6.45, 7) is 1.57. The molecule has 20 heavy (non-hydrogen) atoms. The fourth-order valence-corrected chi connectivity index (χ4v) is 1.73. The van der Waals surface area contributed by atoms with Gasteiger partial charge in [-0.1, -0.05) is 30.3 Å². The van der Waals surface area contributed by atoms with E-state index in [9.17, 15) is 17.2 Å². The van der Waals surface area contributed by atoms with Crippen LogP contribution in [-0.4, -0.2) is 18.6 Å². The number of alkyl halides is 2. The second kappa shape index (κ2) is 7.06. The molecule has 0 aliphatic heterocycles. The van der Waals surface area contributed by atoms with Crippen molar-refractivity contribution in [1.82, 2.24) is 10.2 Å². The van der Waals surface area contributed by atoms with Crippen LogP contribution in [0.4, 0.5) is 8.78 Å². The number of primary sulfonamides is 1. The number of benzene rings is 1. The van der Waals surface area contributed by atoms with E-state index in [-0.39, 0.29) is 0 Å². The van der Waals surface area contributed by atoms with Gasteiger partial charge in [0.1, 0.15) is 0 Å². The molecule has 1 unspecified atom stereocenters. The van der Waals surface area contributed by atoms with Crippen molar-refractivity contribution in [3.05, 3.63) is 48.2 Å². The lowest BCUT2D eigenvalue weighted by molar-refractivity contribution is 0.115. The molecule has 6 nitrogen and oxygen atoms in total. The summed E-state index contributed by atoms with van der Waals surface area (Å²) in [4.78, 5) is 0. The van der Waals surface area contributed by atoms with Crippen molar-refractivity contribution in [3.63, 3.8) is 0 Å². The molecule has 0 amide bonds. The van der Waals surface area contributed by atoms with Crippen LogP contribution in [0.2, 0.25) is 0 Å². The van der Waals surface area contributed by atoms with Crippen molar-refractivity contribution in [1.29, 1.82) is 0 Å². The van der Waals surface area contributed by atoms with E-state index in [2.05, 4.69) is 14.6 Å². The topological polar surface area (TPSA) is 99.1 Å². The number of halogens is 2. The summed E-state index contributed by atoms with van der Waals surface area (Å²) < 4.78 is 48.7. The standard InChI is InChI=1S/C8H11NO2S.C3H2F2N2O/c1-7(12(9,10)11)8-5-3-2-4-6-8;4-2(5)3-7-6-1-8-3/h2-7H,1H3,(H2,9,10,11);1-2H. The van der Waals surface area contributed by atoms with Crippen molar-refractivity contribution in [2.45, 2.75) is 18.6 Å². The lowest BCUT2D eigenvalue weighted by atomic mass is 10.2. The van der Waals surface area contributed by atoms with Crippen LogP contribution in [-0.2, 0) is 10.0 Å². The van der Waals surface area contributed by atoms with Gasteiger partial charge in [-0.25, -0.2) is 13.6 Å². The first-order valence-electron chi connectivity index (χ1n) is 5.43. The van der Waals surface area contributed by atoms with E-state index in [1.807, 2.05) is 6.07 Å². The predicted octanol–water partition coefficient (Wildman–Crippen LogP) is 2.04. The molecule has 0 spiro atoms. The zero-order valence-electron chi connectivity index (χ0n) is 10.5. The molecular formula is C11H13F2N3O3S. The summed E-state index contributed by atoms with van der Waals surface area (Å²) in [6, 6.07) is 8.90. The second-order valence-corrected chi connectivity index (χ2v) is 5.60. The number of nitrogens with zero attached hydrogens (tertiary/aromatic N) is 2. The Morgan fingerprint density at radius 2 is 1.85 bits per heavy atom. The van der Waals surface area contributed by atoms with E-state index in [0.717, 1.165) is 12.0 Å². The Hall–Kier alpha value is -1.87. The van der Waals surface area contributed by atoms with Crippen molar-refractivity contribution in [2.75, 3.05) is 0 Å². The minimum Gasteiger partial charge on any atom is -0.423 e. The molecule has 0 fully saturated rings. The summed E-state index contributed by atoms with van der Waals surface area (Å²) in [6.07, 6.45) is -1.79. The number of hydrogen-bond donors (Lipinski definition) is 1. The average Bonchev–Trinajstić information content (AvgIpc) is 2.93. The van der Waals surface area contributed by atoms with Crippen LogP contribution in [0.1, 0.15) is 30.1 Å². The van der Waals surface area contributed by atoms with Crippen LogP contribution in [0.15, 0.2) is 41.1 Å². The van der Waals surface area contributed by atoms with Gasteiger partial charge in [-0.2, -0.15) is 8.78 Å². The van der Waals surface area contributed by atoms with Gasteiger partial charge in [0, 0.05) is 0 Å². The monoisotopic (exact) mass is 305 g/mol. The fraction of sp³-hybridized carbons (Fsp3) is 0.273. The number of rotatable bonds is 3. The smallest absolute Gasteiger partial charge is 0.314 e. The quantitative estimate of drug-likeness (QED) is 0.935. The second-order valence-electron chi connectivity index (χ2n) is 3.72. The van der Waals surface area contributed by atoms with Gasteiger partial charge in [-0.05, 0) is 12.5 Å². The maximum atomic E-state index is 11.4. The lowest BCUT2D eigenvalue weighted by Crippen LogP contribution is -2.19. The first kappa shape index (κ1) is 16.2. The van der Waals surface area contributed by atoms with Gasteiger partial charge in [0.2, 0.25) is 16.4 Å². The largest absolute Gasteiger partial charge is 0.423 e. The van der Waals surface area contributed by atoms with E-state index in [1.54, 1.807) is 31.2 Å². The van der Waals surface area contributed by atoms with Crippen LogP contribution in [0.3, 0.4) is 0 Å². The van der Waals surface area contributed by atoms with Gasteiger partial charge < -0.3 is 4.42 Å². The molecule has 0 aliphatic carbocycles. The highest BCUT2D eigenvalue weighted by molar-refractivity contribution is 7.89. The SMILES string of the molecule is CC(c1ccccc1)S(N)(=O)=O.FC(F)c1nnco1. The van der Waals surface area contributed by atoms with Crippen molar-refractivity contribution >= 4 is 10.0 Å². The molecule has 2 N–H and O–H groups in total. The fourth-order valence-electron chi connectivity index (χ4n) is 1.19. The summed E-state index contributed by atoms with van der Waals surface area (Å²) >= 11 is 0. The van der Waals surface area contributed by atoms with Crippen molar-refractivity contribution in [3.8, 4) is 0 Å². The molecule has 1 aromatic heterocycles. The minimum absolute atomic E-state index is 0.626. The summed E-state index contributed by atoms with van der Waals surface area (Å²) in [5.74, 6) is -0.634. The maximum Gasteiger partial charge on any atom is 0.314 e. The van der Waals surface area contributed by atoms with Crippen LogP contribution in [0.5, 0.6) is 0 Å². The normalized spacial score (nSPS) is 12.7. The molecule has 0 saturated carbocycles. The predicted molar refractivity (Wildman–Crippen MR) is 67.2 cm³/mol. The van der Waals surface area contributed by atoms with Gasteiger partial charge in [0.15, 0.2) is 0 Å². The Labute approximate surface area is 114 Å². The zero-order chi connectivity index (χ0) is 15.2. The van der Waals surface area contributed by atoms with E-state index in [4.69, 9.17) is 5.14 Å². The number of nitrogens with two attached hydrogens (primary N) is 1. The number of aromatic nitrogens is 2. The highest BCUT2D eigenvalue weighted by atomic mass is 32.2. The average molecular weight is 305 g/mol. The molecule has 0 saturated heterocycles. The summed E-state index contributed by atoms with van der Waals surface area (Å²) in [7, 11) is -3.46. The molecule has 110 valence electrons. The van der Waals surface area contributed by atoms with Crippen LogP contribution in [0.25, 0.3) is 0 Å². The van der Waals surface area contributed by atoms with Crippen LogP contribution >= 0.6 is 0 Å². The molecule has 1 heterocycles. The minimum atomic E-state index is -3.46. The highest BCUT2D eigenvalue weighted by Crippen LogP contribution is 2.17. The maximum absolute atomic E-state index is 11.4. The highest BCUT2D eigenvalue weighted by Gasteiger charge is 2.16. The zero-order valence-corrected chi connectivity index (χ0v) is 11.3. The van der Waals surface area contributed by atoms with Crippen molar-refractivity contribution < 1.29 is 21.6 Å². The molecular weight excluding hydrogens is 292 g/mol. The van der Waals surface area contributed by atoms with E-state index >= 15 is 0 Å². The Morgan fingerprint density at radius 3 is 2.20 bits per heavy atom. The molecule has 0 bridgehead atoms. The Morgan fingerprint density at radius 1 is 1.25 bits per heavy atom. The third-order valence-corrected chi connectivity index (χ3v) is 3.58. The molecule has 1 atom stereocenters. The summed E-state index contributed by atoms with van der Waals surface area (Å²) in [5.41, 5.74) is 0.722. The first-order valence-corrected chi connectivity index (χ1v) is 7.04. The number of sulfonamides is 1. The molecule has 9 heteroatoms. The van der Waals surface area contributed by atoms with E-state index in [1.165, 1.54) is 0 Å². The van der Waals surface area contributed by atoms with Crippen LogP contribution < -0.4 is 5.14 Å². The van der Waals surface area contributed by atoms with Gasteiger partial charge in [0.05, 0.1) is 5.25 Å². The molecule has 2 rings (SSSR count). The first-order chi connectivity index (χ1) is 9.32. The molecule has 2 aromatic rings. The Kier molecular flexibility index (Phi) is 5.71. The van der Waals surface area contributed by atoms with Gasteiger partial charge in [-0.15, -0.1) is 10.2 Å². The summed E-state index contributed by atoms with van der Waals surface area (Å²) in [5, 5.41) is 10.4. The Bertz CT molecular complexity index is 603. The molecule has 0 aliphatic rings. The Balaban J connectivity index is 0.000000217. The molecule has 0 radical (unpaired) electrons. The lowest BCUT2D eigenvalue weighted by Gasteiger charge is -2.07. The van der Waals surface area contributed by atoms with E-state index in [0.29, 0.717) is 0 Å². The van der Waals surface area contributed by atoms with Crippen molar-refractivity contribution in [2.24, 2.45) is 5.14 Å². The van der Waals surface area contributed by atoms with Gasteiger partial charge in [0.25, 0.3) is 5.89 Å². The molecule has 1 aromatic carbocycles. The third-order valence-electron chi connectivity index (χ3n) is 2.33. The number of hydrogen-bond acceptors (Lipinski definition) is 5. The van der Waals surface area contributed by atoms with E-state index < -0.39 is 27.6 Å².